The second-order valence-corrected chi connectivity index (χ2v) is 5.60. The monoisotopic (exact) mass is 280 g/mol. The SMILES string of the molecule is NS(=O)(=O)CCNC(=O)c1ccc2cccnc2n1. The van der Waals surface area contributed by atoms with Crippen LogP contribution in [0.1, 0.15) is 10.5 Å². The van der Waals surface area contributed by atoms with E-state index < -0.39 is 15.9 Å². The van der Waals surface area contributed by atoms with Crippen LogP contribution < -0.4 is 10.5 Å². The maximum atomic E-state index is 11.7. The van der Waals surface area contributed by atoms with Crippen molar-refractivity contribution in [3.8, 4) is 0 Å². The molecule has 19 heavy (non-hydrogen) atoms. The Morgan fingerprint density at radius 1 is 1.32 bits per heavy atom. The molecule has 2 aromatic heterocycles. The number of hydrogen-bond acceptors (Lipinski definition) is 5. The van der Waals surface area contributed by atoms with Crippen LogP contribution in [0.4, 0.5) is 0 Å². The number of aromatic nitrogens is 2. The smallest absolute Gasteiger partial charge is 0.270 e. The van der Waals surface area contributed by atoms with E-state index in [0.717, 1.165) is 5.39 Å². The van der Waals surface area contributed by atoms with Gasteiger partial charge in [0.2, 0.25) is 10.0 Å². The van der Waals surface area contributed by atoms with Gasteiger partial charge < -0.3 is 5.32 Å². The normalized spacial score (nSPS) is 11.4. The third-order valence-corrected chi connectivity index (χ3v) is 3.14. The minimum atomic E-state index is -3.58. The third kappa shape index (κ3) is 3.70. The van der Waals surface area contributed by atoms with Crippen LogP contribution in [0.2, 0.25) is 0 Å². The van der Waals surface area contributed by atoms with Gasteiger partial charge in [-0.2, -0.15) is 0 Å². The Kier molecular flexibility index (Phi) is 3.72. The van der Waals surface area contributed by atoms with Crippen molar-refractivity contribution >= 4 is 27.0 Å². The Balaban J connectivity index is 2.09. The maximum Gasteiger partial charge on any atom is 0.270 e. The molecule has 2 rings (SSSR count). The highest BCUT2D eigenvalue weighted by molar-refractivity contribution is 7.89. The molecule has 0 spiro atoms. The lowest BCUT2D eigenvalue weighted by atomic mass is 10.2. The number of primary sulfonamides is 1. The lowest BCUT2D eigenvalue weighted by Crippen LogP contribution is -2.31. The number of carbonyl (C=O) groups excluding carboxylic acids is 1. The number of carbonyl (C=O) groups is 1. The quantitative estimate of drug-likeness (QED) is 0.794. The van der Waals surface area contributed by atoms with Gasteiger partial charge in [0.25, 0.3) is 5.91 Å². The van der Waals surface area contributed by atoms with Crippen molar-refractivity contribution in [1.82, 2.24) is 15.3 Å². The highest BCUT2D eigenvalue weighted by Gasteiger charge is 2.09. The third-order valence-electron chi connectivity index (χ3n) is 2.37. The summed E-state index contributed by atoms with van der Waals surface area (Å²) in [6, 6.07) is 6.88. The molecule has 0 bridgehead atoms. The van der Waals surface area contributed by atoms with Crippen molar-refractivity contribution < 1.29 is 13.2 Å². The first kappa shape index (κ1) is 13.4. The van der Waals surface area contributed by atoms with E-state index in [1.54, 1.807) is 24.4 Å². The molecule has 7 nitrogen and oxygen atoms in total. The Morgan fingerprint density at radius 3 is 2.84 bits per heavy atom. The molecule has 3 N–H and O–H groups in total. The van der Waals surface area contributed by atoms with E-state index >= 15 is 0 Å². The van der Waals surface area contributed by atoms with E-state index in [9.17, 15) is 13.2 Å². The largest absolute Gasteiger partial charge is 0.350 e. The van der Waals surface area contributed by atoms with Gasteiger partial charge in [0.1, 0.15) is 5.69 Å². The molecule has 8 heteroatoms. The van der Waals surface area contributed by atoms with Gasteiger partial charge in [0, 0.05) is 18.1 Å². The van der Waals surface area contributed by atoms with Crippen LogP contribution >= 0.6 is 0 Å². The van der Waals surface area contributed by atoms with E-state index in [1.165, 1.54) is 0 Å². The molecule has 0 aliphatic rings. The number of hydrogen-bond donors (Lipinski definition) is 2. The summed E-state index contributed by atoms with van der Waals surface area (Å²) in [6.45, 7) is -0.0560. The summed E-state index contributed by atoms with van der Waals surface area (Å²) in [7, 11) is -3.58. The first-order valence-electron chi connectivity index (χ1n) is 5.46. The van der Waals surface area contributed by atoms with Crippen molar-refractivity contribution in [3.05, 3.63) is 36.2 Å². The molecule has 0 radical (unpaired) electrons. The topological polar surface area (TPSA) is 115 Å². The van der Waals surface area contributed by atoms with E-state index in [2.05, 4.69) is 15.3 Å². The standard InChI is InChI=1S/C11H12N4O3S/c12-19(17,18)7-6-14-11(16)9-4-3-8-2-1-5-13-10(8)15-9/h1-5H,6-7H2,(H,14,16)(H2,12,17,18). The van der Waals surface area contributed by atoms with Crippen molar-refractivity contribution in [1.29, 1.82) is 0 Å². The molecule has 2 heterocycles. The number of amides is 1. The number of nitrogens with two attached hydrogens (primary N) is 1. The Labute approximate surface area is 109 Å². The average molecular weight is 280 g/mol. The molecule has 0 saturated carbocycles. The van der Waals surface area contributed by atoms with Gasteiger partial charge in [-0.05, 0) is 24.3 Å². The first-order chi connectivity index (χ1) is 8.96. The van der Waals surface area contributed by atoms with Crippen molar-refractivity contribution in [2.24, 2.45) is 5.14 Å². The summed E-state index contributed by atoms with van der Waals surface area (Å²) in [4.78, 5) is 19.9. The molecule has 0 saturated heterocycles. The van der Waals surface area contributed by atoms with Gasteiger partial charge in [-0.1, -0.05) is 0 Å². The average Bonchev–Trinajstić information content (AvgIpc) is 2.36. The molecule has 0 aromatic carbocycles. The van der Waals surface area contributed by atoms with E-state index in [1.807, 2.05) is 6.07 Å². The van der Waals surface area contributed by atoms with Crippen LogP contribution in [-0.2, 0) is 10.0 Å². The molecule has 0 aliphatic carbocycles. The number of fused-ring (bicyclic) bond motifs is 1. The summed E-state index contributed by atoms with van der Waals surface area (Å²) in [5, 5.41) is 8.08. The molecular formula is C11H12N4O3S. The molecule has 1 amide bonds. The number of nitrogens with one attached hydrogen (secondary N) is 1. The molecule has 0 aliphatic heterocycles. The number of sulfonamides is 1. The van der Waals surface area contributed by atoms with E-state index in [-0.39, 0.29) is 18.0 Å². The zero-order valence-corrected chi connectivity index (χ0v) is 10.7. The summed E-state index contributed by atoms with van der Waals surface area (Å²) >= 11 is 0. The van der Waals surface area contributed by atoms with Crippen LogP contribution in [0.25, 0.3) is 11.0 Å². The Bertz CT molecular complexity index is 715. The van der Waals surface area contributed by atoms with Crippen LogP contribution in [0.3, 0.4) is 0 Å². The molecule has 0 unspecified atom stereocenters. The fourth-order valence-electron chi connectivity index (χ4n) is 1.48. The zero-order valence-electron chi connectivity index (χ0n) is 9.91. The predicted molar refractivity (Wildman–Crippen MR) is 69.8 cm³/mol. The van der Waals surface area contributed by atoms with Crippen LogP contribution in [0.5, 0.6) is 0 Å². The second kappa shape index (κ2) is 5.29. The Morgan fingerprint density at radius 2 is 2.11 bits per heavy atom. The van der Waals surface area contributed by atoms with Gasteiger partial charge in [0.05, 0.1) is 5.75 Å². The fourth-order valence-corrected chi connectivity index (χ4v) is 1.86. The lowest BCUT2D eigenvalue weighted by Gasteiger charge is -2.04. The lowest BCUT2D eigenvalue weighted by molar-refractivity contribution is 0.0951. The minimum Gasteiger partial charge on any atom is -0.350 e. The van der Waals surface area contributed by atoms with Crippen LogP contribution in [0.15, 0.2) is 30.5 Å². The molecule has 2 aromatic rings. The zero-order chi connectivity index (χ0) is 13.9. The number of rotatable bonds is 4. The van der Waals surface area contributed by atoms with Crippen molar-refractivity contribution in [2.75, 3.05) is 12.3 Å². The van der Waals surface area contributed by atoms with Gasteiger partial charge >= 0.3 is 0 Å². The fraction of sp³-hybridized carbons (Fsp3) is 0.182. The number of pyridine rings is 2. The molecular weight excluding hydrogens is 268 g/mol. The van der Waals surface area contributed by atoms with Crippen LogP contribution in [0, 0.1) is 0 Å². The maximum absolute atomic E-state index is 11.7. The van der Waals surface area contributed by atoms with Gasteiger partial charge in [-0.3, -0.25) is 4.79 Å². The first-order valence-corrected chi connectivity index (χ1v) is 7.18. The van der Waals surface area contributed by atoms with Crippen LogP contribution in [-0.4, -0.2) is 36.6 Å². The van der Waals surface area contributed by atoms with Gasteiger partial charge in [-0.25, -0.2) is 23.5 Å². The van der Waals surface area contributed by atoms with E-state index in [4.69, 9.17) is 5.14 Å². The molecule has 0 atom stereocenters. The van der Waals surface area contributed by atoms with Gasteiger partial charge in [0.15, 0.2) is 5.65 Å². The Hall–Kier alpha value is -2.06. The summed E-state index contributed by atoms with van der Waals surface area (Å²) in [6.07, 6.45) is 1.58. The molecule has 100 valence electrons. The minimum absolute atomic E-state index is 0.0560. The molecule has 0 fully saturated rings. The second-order valence-electron chi connectivity index (χ2n) is 3.87. The summed E-state index contributed by atoms with van der Waals surface area (Å²) in [5.74, 6) is -0.777. The highest BCUT2D eigenvalue weighted by Crippen LogP contribution is 2.08. The summed E-state index contributed by atoms with van der Waals surface area (Å²) < 4.78 is 21.4. The van der Waals surface area contributed by atoms with Crippen molar-refractivity contribution in [3.63, 3.8) is 0 Å². The van der Waals surface area contributed by atoms with Gasteiger partial charge in [-0.15, -0.1) is 0 Å². The van der Waals surface area contributed by atoms with Crippen molar-refractivity contribution in [2.45, 2.75) is 0 Å². The summed E-state index contributed by atoms with van der Waals surface area (Å²) in [5.41, 5.74) is 0.641. The van der Waals surface area contributed by atoms with E-state index in [0.29, 0.717) is 5.65 Å². The predicted octanol–water partition coefficient (Wildman–Crippen LogP) is -0.352. The number of nitrogens with zero attached hydrogens (tertiary/aromatic N) is 2. The highest BCUT2D eigenvalue weighted by atomic mass is 32.2.